The fraction of sp³-hybridized carbons (Fsp3) is 0.429. The summed E-state index contributed by atoms with van der Waals surface area (Å²) in [6.07, 6.45) is -4.44. The van der Waals surface area contributed by atoms with Crippen LogP contribution in [-0.4, -0.2) is 58.1 Å². The molecule has 0 radical (unpaired) electrons. The molecule has 2 aromatic rings. The minimum absolute atomic E-state index is 0.459. The average Bonchev–Trinajstić information content (AvgIpc) is 3.16. The number of hydrogen-bond donors (Lipinski definition) is 4. The van der Waals surface area contributed by atoms with Crippen molar-refractivity contribution in [2.24, 2.45) is 0 Å². The molecular weight excluding hydrogens is 384 g/mol. The molecule has 2 unspecified atom stereocenters. The highest BCUT2D eigenvalue weighted by Crippen LogP contribution is 2.35. The predicted molar refractivity (Wildman–Crippen MR) is 103 cm³/mol. The normalized spacial score (nSPS) is 29.4. The van der Waals surface area contributed by atoms with Crippen molar-refractivity contribution < 1.29 is 29.9 Å². The number of halogens is 1. The number of hydrogen-bond acceptors (Lipinski definition) is 6. The molecule has 7 heteroatoms. The molecule has 0 aromatic heterocycles. The monoisotopic (exact) mass is 406 g/mol. The number of rotatable bonds is 4. The molecule has 2 aromatic carbocycles. The van der Waals surface area contributed by atoms with Gasteiger partial charge in [-0.25, -0.2) is 0 Å². The van der Waals surface area contributed by atoms with Gasteiger partial charge >= 0.3 is 0 Å². The maximum atomic E-state index is 10.4. The zero-order valence-electron chi connectivity index (χ0n) is 15.2. The summed E-state index contributed by atoms with van der Waals surface area (Å²) in [5.41, 5.74) is 3.76. The summed E-state index contributed by atoms with van der Waals surface area (Å²) in [5.74, 6) is 0.921. The van der Waals surface area contributed by atoms with Crippen LogP contribution in [0.4, 0.5) is 0 Å². The van der Waals surface area contributed by atoms with Gasteiger partial charge in [0.25, 0.3) is 0 Å². The summed E-state index contributed by atoms with van der Waals surface area (Å²) in [5, 5.41) is 40.4. The highest BCUT2D eigenvalue weighted by Gasteiger charge is 2.44. The topological polar surface area (TPSA) is 99.4 Å². The summed E-state index contributed by atoms with van der Waals surface area (Å²) in [7, 11) is 0. The number of aliphatic hydroxyl groups excluding tert-OH is 4. The molecule has 6 nitrogen and oxygen atoms in total. The van der Waals surface area contributed by atoms with Crippen molar-refractivity contribution in [1.29, 1.82) is 0 Å². The molecule has 0 aliphatic carbocycles. The van der Waals surface area contributed by atoms with Gasteiger partial charge < -0.3 is 29.9 Å². The van der Waals surface area contributed by atoms with Gasteiger partial charge in [0.15, 0.2) is 0 Å². The van der Waals surface area contributed by atoms with E-state index in [0.29, 0.717) is 23.6 Å². The first-order chi connectivity index (χ1) is 13.5. The molecule has 0 amide bonds. The van der Waals surface area contributed by atoms with Crippen LogP contribution in [-0.2, 0) is 17.6 Å². The van der Waals surface area contributed by atoms with E-state index >= 15 is 0 Å². The molecule has 5 atom stereocenters. The molecule has 150 valence electrons. The van der Waals surface area contributed by atoms with Crippen molar-refractivity contribution in [2.75, 3.05) is 13.2 Å². The molecule has 1 fully saturated rings. The second kappa shape index (κ2) is 7.99. The fourth-order valence-corrected chi connectivity index (χ4v) is 4.04. The summed E-state index contributed by atoms with van der Waals surface area (Å²) in [4.78, 5) is 0. The standard InChI is InChI=1S/C21H23ClO6/c22-15-3-2-13(21-20(26)19(25)18(24)17(10-23)28-21)9-14(15)8-11-1-4-16-12(7-11)5-6-27-16/h1-4,7,9,17-21,23-26H,5-6,8,10H2/t17-,18?,19?,20-,21+/m1/s1. The lowest BCUT2D eigenvalue weighted by molar-refractivity contribution is -0.231. The predicted octanol–water partition coefficient (Wildman–Crippen LogP) is 1.38. The van der Waals surface area contributed by atoms with Crippen molar-refractivity contribution in [3.63, 3.8) is 0 Å². The molecule has 28 heavy (non-hydrogen) atoms. The largest absolute Gasteiger partial charge is 0.493 e. The van der Waals surface area contributed by atoms with Gasteiger partial charge in [-0.1, -0.05) is 35.9 Å². The van der Waals surface area contributed by atoms with Crippen LogP contribution in [0.5, 0.6) is 5.75 Å². The summed E-state index contributed by atoms with van der Waals surface area (Å²) in [6.45, 7) is 0.241. The molecular formula is C21H23ClO6. The number of ether oxygens (including phenoxy) is 2. The van der Waals surface area contributed by atoms with Crippen molar-refractivity contribution in [1.82, 2.24) is 0 Å². The minimum atomic E-state index is -1.41. The number of aliphatic hydroxyl groups is 4. The second-order valence-electron chi connectivity index (χ2n) is 7.32. The first-order valence-corrected chi connectivity index (χ1v) is 9.69. The van der Waals surface area contributed by atoms with E-state index in [1.807, 2.05) is 18.2 Å². The molecule has 1 saturated heterocycles. The molecule has 0 saturated carbocycles. The van der Waals surface area contributed by atoms with Gasteiger partial charge in [-0.2, -0.15) is 0 Å². The fourth-order valence-electron chi connectivity index (χ4n) is 3.85. The molecule has 4 N–H and O–H groups in total. The maximum absolute atomic E-state index is 10.4. The minimum Gasteiger partial charge on any atom is -0.493 e. The summed E-state index contributed by atoms with van der Waals surface area (Å²) >= 11 is 6.39. The van der Waals surface area contributed by atoms with Gasteiger partial charge in [0.05, 0.1) is 13.2 Å². The molecule has 4 rings (SSSR count). The number of benzene rings is 2. The zero-order chi connectivity index (χ0) is 19.8. The lowest BCUT2D eigenvalue weighted by atomic mass is 9.90. The Hall–Kier alpha value is -1.67. The van der Waals surface area contributed by atoms with Crippen molar-refractivity contribution in [3.05, 3.63) is 63.7 Å². The smallest absolute Gasteiger partial charge is 0.122 e. The van der Waals surface area contributed by atoms with Gasteiger partial charge in [0.1, 0.15) is 36.3 Å². The van der Waals surface area contributed by atoms with Crippen molar-refractivity contribution in [2.45, 2.75) is 43.4 Å². The van der Waals surface area contributed by atoms with E-state index in [1.165, 1.54) is 5.56 Å². The molecule has 2 aliphatic heterocycles. The van der Waals surface area contributed by atoms with Gasteiger partial charge in [-0.3, -0.25) is 0 Å². The van der Waals surface area contributed by atoms with E-state index in [4.69, 9.17) is 21.1 Å². The van der Waals surface area contributed by atoms with Gasteiger partial charge in [-0.05, 0) is 40.8 Å². The van der Waals surface area contributed by atoms with Crippen molar-refractivity contribution in [3.8, 4) is 5.75 Å². The quantitative estimate of drug-likeness (QED) is 0.612. The van der Waals surface area contributed by atoms with E-state index < -0.39 is 37.1 Å². The molecule has 0 bridgehead atoms. The van der Waals surface area contributed by atoms with Crippen molar-refractivity contribution >= 4 is 11.6 Å². The molecule has 2 heterocycles. The van der Waals surface area contributed by atoms with E-state index in [0.717, 1.165) is 23.3 Å². The maximum Gasteiger partial charge on any atom is 0.122 e. The van der Waals surface area contributed by atoms with Crippen LogP contribution in [0.1, 0.15) is 28.4 Å². The van der Waals surface area contributed by atoms with Crippen LogP contribution in [0, 0.1) is 0 Å². The Morgan fingerprint density at radius 1 is 1.00 bits per heavy atom. The Morgan fingerprint density at radius 3 is 2.61 bits per heavy atom. The van der Waals surface area contributed by atoms with Crippen LogP contribution in [0.2, 0.25) is 5.02 Å². The van der Waals surface area contributed by atoms with Gasteiger partial charge in [0, 0.05) is 11.4 Å². The van der Waals surface area contributed by atoms with Crippen LogP contribution < -0.4 is 4.74 Å². The van der Waals surface area contributed by atoms with Crippen LogP contribution in [0.25, 0.3) is 0 Å². The van der Waals surface area contributed by atoms with Gasteiger partial charge in [-0.15, -0.1) is 0 Å². The second-order valence-corrected chi connectivity index (χ2v) is 7.72. The third-order valence-electron chi connectivity index (χ3n) is 5.44. The Balaban J connectivity index is 1.60. The zero-order valence-corrected chi connectivity index (χ0v) is 15.9. The highest BCUT2D eigenvalue weighted by molar-refractivity contribution is 6.31. The molecule has 2 aliphatic rings. The summed E-state index contributed by atoms with van der Waals surface area (Å²) < 4.78 is 11.2. The van der Waals surface area contributed by atoms with Crippen LogP contribution >= 0.6 is 11.6 Å². The molecule has 0 spiro atoms. The Bertz CT molecular complexity index is 855. The first-order valence-electron chi connectivity index (χ1n) is 9.31. The number of fused-ring (bicyclic) bond motifs is 1. The lowest BCUT2D eigenvalue weighted by Crippen LogP contribution is -2.55. The average molecular weight is 407 g/mol. The van der Waals surface area contributed by atoms with E-state index in [9.17, 15) is 20.4 Å². The van der Waals surface area contributed by atoms with Crippen LogP contribution in [0.3, 0.4) is 0 Å². The Kier molecular flexibility index (Phi) is 5.60. The SMILES string of the molecule is OC[C@H]1O[C@@H](c2ccc(Cl)c(Cc3ccc4c(c3)CCO4)c2)[C@H](O)C(O)C1O. The highest BCUT2D eigenvalue weighted by atomic mass is 35.5. The Morgan fingerprint density at radius 2 is 1.82 bits per heavy atom. The van der Waals surface area contributed by atoms with E-state index in [2.05, 4.69) is 6.07 Å². The third-order valence-corrected chi connectivity index (χ3v) is 5.81. The Labute approximate surface area is 167 Å². The van der Waals surface area contributed by atoms with E-state index in [-0.39, 0.29) is 0 Å². The lowest BCUT2D eigenvalue weighted by Gasteiger charge is -2.40. The third kappa shape index (κ3) is 3.64. The summed E-state index contributed by atoms with van der Waals surface area (Å²) in [6, 6.07) is 11.4. The van der Waals surface area contributed by atoms with Gasteiger partial charge in [0.2, 0.25) is 0 Å². The van der Waals surface area contributed by atoms with Crippen LogP contribution in [0.15, 0.2) is 36.4 Å². The van der Waals surface area contributed by atoms with E-state index in [1.54, 1.807) is 12.1 Å². The first kappa shape index (κ1) is 19.6.